The molecule has 0 aromatic heterocycles. The summed E-state index contributed by atoms with van der Waals surface area (Å²) in [6.45, 7) is 10.2. The van der Waals surface area contributed by atoms with Crippen LogP contribution in [0.5, 0.6) is 5.75 Å². The van der Waals surface area contributed by atoms with Crippen molar-refractivity contribution in [1.82, 2.24) is 14.7 Å². The number of likely N-dealkylation sites (tertiary alicyclic amines) is 1. The molecule has 5 aromatic carbocycles. The van der Waals surface area contributed by atoms with E-state index in [-0.39, 0.29) is 29.5 Å². The maximum atomic E-state index is 13.4. The minimum atomic E-state index is -0.777. The van der Waals surface area contributed by atoms with Gasteiger partial charge in [-0.05, 0) is 103 Å². The summed E-state index contributed by atoms with van der Waals surface area (Å²) < 4.78 is 33.0. The largest absolute Gasteiger partial charge is 0.508 e. The maximum absolute atomic E-state index is 13.4. The fourth-order valence-electron chi connectivity index (χ4n) is 7.84. The van der Waals surface area contributed by atoms with Gasteiger partial charge in [-0.2, -0.15) is 0 Å². The zero-order chi connectivity index (χ0) is 40.0. The van der Waals surface area contributed by atoms with Crippen LogP contribution in [0.15, 0.2) is 133 Å². The van der Waals surface area contributed by atoms with E-state index in [1.165, 1.54) is 36.2 Å². The fraction of sp³-hybridized carbons (Fsp3) is 0.375. The average Bonchev–Trinajstić information content (AvgIpc) is 3.25. The molecular formula is C48H57F2N3O4. The predicted octanol–water partition coefficient (Wildman–Crippen LogP) is 8.12. The Bertz CT molecular complexity index is 1840. The molecule has 2 saturated heterocycles. The number of aliphatic hydroxyl groups is 2. The maximum Gasteiger partial charge on any atom is 0.123 e. The van der Waals surface area contributed by atoms with Gasteiger partial charge in [0.1, 0.15) is 23.5 Å². The molecule has 2 unspecified atom stereocenters. The first-order valence-corrected chi connectivity index (χ1v) is 20.3. The van der Waals surface area contributed by atoms with Crippen molar-refractivity contribution in [1.29, 1.82) is 0 Å². The van der Waals surface area contributed by atoms with Crippen LogP contribution in [0.3, 0.4) is 0 Å². The quantitative estimate of drug-likeness (QED) is 0.105. The lowest BCUT2D eigenvalue weighted by Gasteiger charge is -2.42. The van der Waals surface area contributed by atoms with Crippen LogP contribution < -0.4 is 0 Å². The monoisotopic (exact) mass is 777 g/mol. The molecule has 57 heavy (non-hydrogen) atoms. The smallest absolute Gasteiger partial charge is 0.123 e. The van der Waals surface area contributed by atoms with Gasteiger partial charge in [-0.1, -0.05) is 97.1 Å². The van der Waals surface area contributed by atoms with Gasteiger partial charge in [0.15, 0.2) is 0 Å². The van der Waals surface area contributed by atoms with Gasteiger partial charge in [0.05, 0.1) is 18.3 Å². The summed E-state index contributed by atoms with van der Waals surface area (Å²) in [6.07, 6.45) is 2.67. The van der Waals surface area contributed by atoms with Crippen LogP contribution in [0, 0.1) is 11.6 Å². The highest BCUT2D eigenvalue weighted by Gasteiger charge is 2.36. The Morgan fingerprint density at radius 3 is 1.67 bits per heavy atom. The van der Waals surface area contributed by atoms with Crippen molar-refractivity contribution in [3.63, 3.8) is 0 Å². The van der Waals surface area contributed by atoms with E-state index in [9.17, 15) is 24.1 Å². The Hall–Kier alpha value is -4.48. The van der Waals surface area contributed by atoms with Crippen LogP contribution in [0.2, 0.25) is 0 Å². The lowest BCUT2D eigenvalue weighted by molar-refractivity contribution is -0.0501. The lowest BCUT2D eigenvalue weighted by atomic mass is 9.83. The predicted molar refractivity (Wildman–Crippen MR) is 222 cm³/mol. The van der Waals surface area contributed by atoms with Gasteiger partial charge in [0.2, 0.25) is 0 Å². The molecule has 302 valence electrons. The number of hydrogen-bond donors (Lipinski definition) is 3. The van der Waals surface area contributed by atoms with Gasteiger partial charge in [-0.3, -0.25) is 9.80 Å². The third kappa shape index (κ3) is 12.3. The number of ether oxygens (including phenoxy) is 1. The van der Waals surface area contributed by atoms with E-state index in [4.69, 9.17) is 4.74 Å². The summed E-state index contributed by atoms with van der Waals surface area (Å²) in [5, 5.41) is 30.9. The van der Waals surface area contributed by atoms with Gasteiger partial charge < -0.3 is 25.0 Å². The number of phenols is 1. The molecule has 7 rings (SSSR count). The summed E-state index contributed by atoms with van der Waals surface area (Å²) in [5.41, 5.74) is 4.13. The van der Waals surface area contributed by atoms with Crippen LogP contribution in [0.25, 0.3) is 0 Å². The zero-order valence-corrected chi connectivity index (χ0v) is 33.0. The first kappa shape index (κ1) is 42.1. The zero-order valence-electron chi connectivity index (χ0n) is 33.0. The van der Waals surface area contributed by atoms with E-state index < -0.39 is 11.7 Å². The Labute approximate surface area is 336 Å². The highest BCUT2D eigenvalue weighted by atomic mass is 19.1. The van der Waals surface area contributed by atoms with Crippen LogP contribution in [0.1, 0.15) is 66.2 Å². The molecule has 0 radical (unpaired) electrons. The molecule has 5 aromatic rings. The number of nitrogens with zero attached hydrogens (tertiary/aromatic N) is 3. The van der Waals surface area contributed by atoms with Crippen LogP contribution in [-0.4, -0.2) is 95.0 Å². The summed E-state index contributed by atoms with van der Waals surface area (Å²) in [7, 11) is 0. The summed E-state index contributed by atoms with van der Waals surface area (Å²) in [4.78, 5) is 7.19. The highest BCUT2D eigenvalue weighted by Crippen LogP contribution is 2.35. The van der Waals surface area contributed by atoms with E-state index in [2.05, 4.69) is 45.0 Å². The van der Waals surface area contributed by atoms with Crippen molar-refractivity contribution < 1.29 is 28.8 Å². The molecule has 0 saturated carbocycles. The van der Waals surface area contributed by atoms with Gasteiger partial charge in [0.25, 0.3) is 0 Å². The standard InChI is InChI=1S/C28H32F2N2O.C20H25NO3/c29-26-12-8-24(9-13-26)28(25-10-14-27(30)15-11-25)33-22-21-32-19-17-31(18-20-32)16-4-7-23-5-2-1-3-6-23;1-15(19(23)16-7-9-18(22)10-8-16)21-13-11-20(24,12-14-21)17-5-3-2-4-6-17/h1-3,5-6,8-15,28H,4,7,16-22H2;2-10,15,19,22-24H,11-14H2,1H3. The second-order valence-electron chi connectivity index (χ2n) is 15.3. The molecule has 0 amide bonds. The minimum Gasteiger partial charge on any atom is -0.508 e. The molecule has 7 nitrogen and oxygen atoms in total. The van der Waals surface area contributed by atoms with Gasteiger partial charge in [0, 0.05) is 51.9 Å². The van der Waals surface area contributed by atoms with Gasteiger partial charge in [-0.15, -0.1) is 0 Å². The Kier molecular flexibility index (Phi) is 15.4. The van der Waals surface area contributed by atoms with Gasteiger partial charge >= 0.3 is 0 Å². The van der Waals surface area contributed by atoms with Gasteiger partial charge in [-0.25, -0.2) is 8.78 Å². The second-order valence-corrected chi connectivity index (χ2v) is 15.3. The Balaban J connectivity index is 0.000000203. The normalized spacial score (nSPS) is 17.4. The topological polar surface area (TPSA) is 79.6 Å². The molecule has 2 aliphatic rings. The number of aryl methyl sites for hydroxylation is 1. The van der Waals surface area contributed by atoms with Crippen molar-refractivity contribution in [2.45, 2.75) is 56.5 Å². The number of benzene rings is 5. The molecule has 2 fully saturated rings. The van der Waals surface area contributed by atoms with E-state index >= 15 is 0 Å². The molecule has 2 aliphatic heterocycles. The lowest BCUT2D eigenvalue weighted by Crippen LogP contribution is -2.47. The van der Waals surface area contributed by atoms with E-state index in [0.717, 1.165) is 81.0 Å². The number of piperidine rings is 1. The first-order valence-electron chi connectivity index (χ1n) is 20.3. The SMILES string of the molecule is CC(C(O)c1ccc(O)cc1)N1CCC(O)(c2ccccc2)CC1.Fc1ccc(C(OCCN2CCN(CCCc3ccccc3)CC2)c2ccc(F)cc2)cc1. The van der Waals surface area contributed by atoms with Crippen LogP contribution >= 0.6 is 0 Å². The van der Waals surface area contributed by atoms with Crippen molar-refractivity contribution in [2.75, 3.05) is 59.0 Å². The van der Waals surface area contributed by atoms with Crippen molar-refractivity contribution in [3.8, 4) is 5.75 Å². The molecular weight excluding hydrogens is 721 g/mol. The summed E-state index contributed by atoms with van der Waals surface area (Å²) in [6, 6.07) is 39.8. The molecule has 2 heterocycles. The third-order valence-corrected chi connectivity index (χ3v) is 11.5. The molecule has 0 bridgehead atoms. The van der Waals surface area contributed by atoms with Crippen LogP contribution in [0.4, 0.5) is 8.78 Å². The van der Waals surface area contributed by atoms with Crippen molar-refractivity contribution in [3.05, 3.63) is 173 Å². The molecule has 2 atom stereocenters. The Morgan fingerprint density at radius 2 is 1.12 bits per heavy atom. The van der Waals surface area contributed by atoms with Crippen LogP contribution in [-0.2, 0) is 16.8 Å². The number of halogens is 2. The molecule has 0 spiro atoms. The minimum absolute atomic E-state index is 0.0464. The average molecular weight is 778 g/mol. The number of hydrogen-bond acceptors (Lipinski definition) is 7. The number of aliphatic hydroxyl groups excluding tert-OH is 1. The summed E-state index contributed by atoms with van der Waals surface area (Å²) in [5.74, 6) is -0.360. The number of rotatable bonds is 14. The molecule has 0 aliphatic carbocycles. The number of aromatic hydroxyl groups is 1. The fourth-order valence-corrected chi connectivity index (χ4v) is 7.84. The third-order valence-electron chi connectivity index (χ3n) is 11.5. The van der Waals surface area contributed by atoms with E-state index in [1.807, 2.05) is 37.3 Å². The highest BCUT2D eigenvalue weighted by molar-refractivity contribution is 5.31. The number of piperazine rings is 1. The second kappa shape index (κ2) is 20.8. The Morgan fingerprint density at radius 1 is 0.632 bits per heavy atom. The number of phenolic OH excluding ortho intramolecular Hbond substituents is 1. The van der Waals surface area contributed by atoms with E-state index in [0.29, 0.717) is 19.4 Å². The molecule has 9 heteroatoms. The molecule has 3 N–H and O–H groups in total. The van der Waals surface area contributed by atoms with Crippen molar-refractivity contribution in [2.24, 2.45) is 0 Å². The van der Waals surface area contributed by atoms with E-state index in [1.54, 1.807) is 48.5 Å². The van der Waals surface area contributed by atoms with Crippen molar-refractivity contribution >= 4 is 0 Å². The first-order chi connectivity index (χ1) is 27.7. The summed E-state index contributed by atoms with van der Waals surface area (Å²) >= 11 is 0.